The van der Waals surface area contributed by atoms with Gasteiger partial charge >= 0.3 is 0 Å². The molecule has 1 amide bonds. The molecule has 0 bridgehead atoms. The second-order valence-electron chi connectivity index (χ2n) is 5.27. The van der Waals surface area contributed by atoms with Crippen LogP contribution in [0, 0.1) is 5.82 Å². The third-order valence-corrected chi connectivity index (χ3v) is 3.56. The number of aryl methyl sites for hydroxylation is 1. The number of aromatic nitrogens is 3. The molecular weight excluding hydrogens is 311 g/mol. The minimum atomic E-state index is -0.360. The van der Waals surface area contributed by atoms with E-state index in [4.69, 9.17) is 4.52 Å². The van der Waals surface area contributed by atoms with Gasteiger partial charge in [-0.3, -0.25) is 4.79 Å². The van der Waals surface area contributed by atoms with Crippen LogP contribution in [0.1, 0.15) is 18.4 Å². The van der Waals surface area contributed by atoms with Crippen molar-refractivity contribution in [2.24, 2.45) is 0 Å². The van der Waals surface area contributed by atoms with E-state index < -0.39 is 0 Å². The first kappa shape index (κ1) is 15.9. The summed E-state index contributed by atoms with van der Waals surface area (Å²) in [6.07, 6.45) is 2.03. The van der Waals surface area contributed by atoms with Crippen LogP contribution >= 0.6 is 0 Å². The van der Waals surface area contributed by atoms with E-state index in [1.54, 1.807) is 12.1 Å². The third-order valence-electron chi connectivity index (χ3n) is 3.56. The Labute approximate surface area is 138 Å². The van der Waals surface area contributed by atoms with E-state index in [-0.39, 0.29) is 24.7 Å². The molecule has 0 unspecified atom stereocenters. The number of nitrogens with one attached hydrogen (secondary N) is 1. The van der Waals surface area contributed by atoms with E-state index in [1.165, 1.54) is 12.1 Å². The van der Waals surface area contributed by atoms with Crippen LogP contribution in [0.4, 0.5) is 4.39 Å². The fraction of sp³-hybridized carbons (Fsp3) is 0.235. The zero-order chi connectivity index (χ0) is 16.9. The predicted molar refractivity (Wildman–Crippen MR) is 85.3 cm³/mol. The van der Waals surface area contributed by atoms with Gasteiger partial charge in [-0.25, -0.2) is 4.39 Å². The van der Waals surface area contributed by atoms with Crippen LogP contribution in [0.2, 0.25) is 0 Å². The van der Waals surface area contributed by atoms with Crippen molar-refractivity contribution < 1.29 is 13.7 Å². The van der Waals surface area contributed by atoms with Gasteiger partial charge in [0, 0.05) is 12.7 Å². The first-order chi connectivity index (χ1) is 11.7. The summed E-state index contributed by atoms with van der Waals surface area (Å²) in [5.41, 5.74) is 1.47. The van der Waals surface area contributed by atoms with Crippen LogP contribution in [0.15, 0.2) is 47.1 Å². The molecule has 2 heterocycles. The number of benzene rings is 1. The van der Waals surface area contributed by atoms with Gasteiger partial charge in [0.15, 0.2) is 0 Å². The monoisotopic (exact) mass is 328 g/mol. The number of rotatable bonds is 6. The highest BCUT2D eigenvalue weighted by molar-refractivity contribution is 5.78. The van der Waals surface area contributed by atoms with E-state index in [1.807, 2.05) is 29.8 Å². The summed E-state index contributed by atoms with van der Waals surface area (Å²) in [5.74, 6) is 0.204. The van der Waals surface area contributed by atoms with Gasteiger partial charge in [0.2, 0.25) is 17.6 Å². The van der Waals surface area contributed by atoms with Crippen LogP contribution in [-0.4, -0.2) is 20.6 Å². The highest BCUT2D eigenvalue weighted by atomic mass is 19.1. The van der Waals surface area contributed by atoms with E-state index in [9.17, 15) is 9.18 Å². The van der Waals surface area contributed by atoms with Gasteiger partial charge in [0.1, 0.15) is 5.82 Å². The first-order valence-electron chi connectivity index (χ1n) is 7.65. The van der Waals surface area contributed by atoms with E-state index in [2.05, 4.69) is 15.5 Å². The molecule has 3 rings (SSSR count). The summed E-state index contributed by atoms with van der Waals surface area (Å²) in [5, 5.41) is 6.62. The highest BCUT2D eigenvalue weighted by Crippen LogP contribution is 2.16. The first-order valence-corrected chi connectivity index (χ1v) is 7.65. The lowest BCUT2D eigenvalue weighted by Gasteiger charge is -2.03. The maximum atomic E-state index is 13.1. The molecule has 0 aliphatic carbocycles. The van der Waals surface area contributed by atoms with Crippen molar-refractivity contribution in [2.45, 2.75) is 26.4 Å². The van der Waals surface area contributed by atoms with Gasteiger partial charge in [0.05, 0.1) is 18.7 Å². The fourth-order valence-electron chi connectivity index (χ4n) is 2.39. The van der Waals surface area contributed by atoms with Crippen molar-refractivity contribution in [1.82, 2.24) is 20.0 Å². The molecule has 1 N–H and O–H groups in total. The number of carbonyl (C=O) groups excluding carboxylic acids is 1. The molecule has 0 spiro atoms. The van der Waals surface area contributed by atoms with Crippen molar-refractivity contribution in [1.29, 1.82) is 0 Å². The number of carbonyl (C=O) groups is 1. The minimum Gasteiger partial charge on any atom is -0.347 e. The zero-order valence-electron chi connectivity index (χ0n) is 13.2. The summed E-state index contributed by atoms with van der Waals surface area (Å²) >= 11 is 0. The zero-order valence-corrected chi connectivity index (χ0v) is 13.2. The third kappa shape index (κ3) is 3.68. The molecule has 0 atom stereocenters. The summed E-state index contributed by atoms with van der Waals surface area (Å²) in [7, 11) is 0. The molecule has 0 aliphatic rings. The van der Waals surface area contributed by atoms with E-state index >= 15 is 0 Å². The molecule has 0 saturated carbocycles. The second kappa shape index (κ2) is 7.08. The molecule has 0 radical (unpaired) electrons. The van der Waals surface area contributed by atoms with Crippen molar-refractivity contribution in [3.63, 3.8) is 0 Å². The molecule has 7 heteroatoms. The quantitative estimate of drug-likeness (QED) is 0.755. The summed E-state index contributed by atoms with van der Waals surface area (Å²) in [6, 6.07) is 9.77. The molecule has 124 valence electrons. The van der Waals surface area contributed by atoms with Crippen molar-refractivity contribution in [2.75, 3.05) is 0 Å². The number of amides is 1. The van der Waals surface area contributed by atoms with Crippen LogP contribution in [0.5, 0.6) is 0 Å². The van der Waals surface area contributed by atoms with Gasteiger partial charge in [-0.05, 0) is 36.8 Å². The van der Waals surface area contributed by atoms with Crippen molar-refractivity contribution >= 4 is 5.91 Å². The highest BCUT2D eigenvalue weighted by Gasteiger charge is 2.12. The van der Waals surface area contributed by atoms with Crippen molar-refractivity contribution in [3.05, 3.63) is 59.9 Å². The molecule has 2 aromatic heterocycles. The Hall–Kier alpha value is -2.96. The SMILES string of the molecule is CCn1cccc1-c1noc(CNC(=O)Cc2cccc(F)c2)n1. The molecular formula is C17H17FN4O2. The Bertz CT molecular complexity index is 840. The molecule has 0 aliphatic heterocycles. The average molecular weight is 328 g/mol. The maximum Gasteiger partial charge on any atom is 0.246 e. The average Bonchev–Trinajstić information content (AvgIpc) is 3.21. The molecule has 24 heavy (non-hydrogen) atoms. The largest absolute Gasteiger partial charge is 0.347 e. The van der Waals surface area contributed by atoms with Crippen LogP contribution in [0.3, 0.4) is 0 Å². The predicted octanol–water partition coefficient (Wildman–Crippen LogP) is 2.56. The Morgan fingerprint density at radius 3 is 3.00 bits per heavy atom. The summed E-state index contributed by atoms with van der Waals surface area (Å²) in [6.45, 7) is 2.96. The summed E-state index contributed by atoms with van der Waals surface area (Å²) < 4.78 is 20.3. The number of nitrogens with zero attached hydrogens (tertiary/aromatic N) is 3. The Kier molecular flexibility index (Phi) is 4.69. The lowest BCUT2D eigenvalue weighted by molar-refractivity contribution is -0.120. The van der Waals surface area contributed by atoms with Gasteiger partial charge in [-0.15, -0.1) is 0 Å². The van der Waals surface area contributed by atoms with Crippen molar-refractivity contribution in [3.8, 4) is 11.5 Å². The normalized spacial score (nSPS) is 10.8. The minimum absolute atomic E-state index is 0.0947. The number of hydrogen-bond acceptors (Lipinski definition) is 4. The molecule has 3 aromatic rings. The van der Waals surface area contributed by atoms with Gasteiger partial charge in [-0.1, -0.05) is 17.3 Å². The van der Waals surface area contributed by atoms with E-state index in [0.717, 1.165) is 12.2 Å². The topological polar surface area (TPSA) is 73.0 Å². The smallest absolute Gasteiger partial charge is 0.246 e. The van der Waals surface area contributed by atoms with Gasteiger partial charge in [-0.2, -0.15) is 4.98 Å². The lowest BCUT2D eigenvalue weighted by Crippen LogP contribution is -2.24. The molecule has 1 aromatic carbocycles. The Morgan fingerprint density at radius 1 is 1.33 bits per heavy atom. The lowest BCUT2D eigenvalue weighted by atomic mass is 10.1. The Morgan fingerprint density at radius 2 is 2.21 bits per heavy atom. The fourth-order valence-corrected chi connectivity index (χ4v) is 2.39. The second-order valence-corrected chi connectivity index (χ2v) is 5.27. The number of halogens is 1. The van der Waals surface area contributed by atoms with Gasteiger partial charge in [0.25, 0.3) is 0 Å². The standard InChI is InChI=1S/C17H17FN4O2/c1-2-22-8-4-7-14(22)17-20-16(24-21-17)11-19-15(23)10-12-5-3-6-13(18)9-12/h3-9H,2,10-11H2,1H3,(H,19,23). The number of hydrogen-bond donors (Lipinski definition) is 1. The van der Waals surface area contributed by atoms with Crippen LogP contribution in [-0.2, 0) is 24.3 Å². The molecule has 0 fully saturated rings. The van der Waals surface area contributed by atoms with Gasteiger partial charge < -0.3 is 14.4 Å². The van der Waals surface area contributed by atoms with Crippen LogP contribution in [0.25, 0.3) is 11.5 Å². The summed E-state index contributed by atoms with van der Waals surface area (Å²) in [4.78, 5) is 16.2. The molecule has 0 saturated heterocycles. The molecule has 6 nitrogen and oxygen atoms in total. The Balaban J connectivity index is 1.58. The maximum absolute atomic E-state index is 13.1. The van der Waals surface area contributed by atoms with Crippen LogP contribution < -0.4 is 5.32 Å². The van der Waals surface area contributed by atoms with E-state index in [0.29, 0.717) is 17.3 Å².